The molecule has 10 heteroatoms. The number of hydrogen-bond donors (Lipinski definition) is 1. The lowest BCUT2D eigenvalue weighted by molar-refractivity contribution is -0.139. The fraction of sp³-hybridized carbons (Fsp3) is 0.333. The molecule has 0 saturated carbocycles. The lowest BCUT2D eigenvalue weighted by atomic mass is 10.1. The van der Waals surface area contributed by atoms with Crippen molar-refractivity contribution in [3.8, 4) is 11.5 Å². The summed E-state index contributed by atoms with van der Waals surface area (Å²) in [6, 6.07) is 19.3. The molecule has 3 aromatic rings. The maximum atomic E-state index is 14.1. The number of amides is 2. The smallest absolute Gasteiger partial charge is 0.264 e. The summed E-state index contributed by atoms with van der Waals surface area (Å²) < 4.78 is 40.0. The average Bonchev–Trinajstić information content (AvgIpc) is 2.94. The lowest BCUT2D eigenvalue weighted by Crippen LogP contribution is -2.52. The summed E-state index contributed by atoms with van der Waals surface area (Å²) in [5, 5.41) is 2.84. The van der Waals surface area contributed by atoms with Crippen LogP contribution in [-0.4, -0.2) is 58.0 Å². The Morgan fingerprint density at radius 2 is 1.55 bits per heavy atom. The summed E-state index contributed by atoms with van der Waals surface area (Å²) in [6.45, 7) is 6.68. The molecular formula is C30H37N3O6S. The molecular weight excluding hydrogens is 530 g/mol. The third kappa shape index (κ3) is 7.32. The second-order valence-electron chi connectivity index (χ2n) is 9.71. The molecule has 2 amide bonds. The molecule has 1 N–H and O–H groups in total. The van der Waals surface area contributed by atoms with Gasteiger partial charge in [-0.25, -0.2) is 8.42 Å². The van der Waals surface area contributed by atoms with E-state index in [-0.39, 0.29) is 34.8 Å². The van der Waals surface area contributed by atoms with Crippen LogP contribution in [-0.2, 0) is 26.2 Å². The molecule has 9 nitrogen and oxygen atoms in total. The van der Waals surface area contributed by atoms with E-state index in [0.717, 1.165) is 15.4 Å². The van der Waals surface area contributed by atoms with Crippen LogP contribution < -0.4 is 19.1 Å². The van der Waals surface area contributed by atoms with Crippen LogP contribution in [0.3, 0.4) is 0 Å². The molecule has 0 heterocycles. The molecule has 1 unspecified atom stereocenters. The number of sulfonamides is 1. The van der Waals surface area contributed by atoms with E-state index in [1.54, 1.807) is 31.2 Å². The van der Waals surface area contributed by atoms with Gasteiger partial charge in [0.2, 0.25) is 11.8 Å². The van der Waals surface area contributed by atoms with Crippen molar-refractivity contribution in [3.05, 3.63) is 83.9 Å². The summed E-state index contributed by atoms with van der Waals surface area (Å²) in [6.07, 6.45) is 0. The Labute approximate surface area is 236 Å². The maximum absolute atomic E-state index is 14.1. The Balaban J connectivity index is 2.11. The van der Waals surface area contributed by atoms with Crippen molar-refractivity contribution >= 4 is 27.5 Å². The molecule has 0 radical (unpaired) electrons. The number of nitrogens with one attached hydrogen (secondary N) is 1. The van der Waals surface area contributed by atoms with Gasteiger partial charge in [-0.15, -0.1) is 0 Å². The number of benzene rings is 3. The molecule has 3 aromatic carbocycles. The topological polar surface area (TPSA) is 105 Å². The number of carbonyl (C=O) groups is 2. The minimum absolute atomic E-state index is 0.0102. The fourth-order valence-electron chi connectivity index (χ4n) is 4.11. The zero-order chi connectivity index (χ0) is 29.4. The molecule has 0 aliphatic carbocycles. The number of carbonyl (C=O) groups excluding carboxylic acids is 2. The summed E-state index contributed by atoms with van der Waals surface area (Å²) in [5.74, 6) is -0.273. The molecule has 0 aliphatic heterocycles. The molecule has 0 aromatic heterocycles. The molecule has 0 saturated heterocycles. The average molecular weight is 568 g/mol. The highest BCUT2D eigenvalue weighted by Gasteiger charge is 2.34. The number of nitrogens with zero attached hydrogens (tertiary/aromatic N) is 2. The standard InChI is InChI=1S/C30H37N3O6S/c1-21(2)31-30(35)23(4)32(19-24-10-8-7-9-11-24)29(34)20-33(27-18-25(38-5)14-17-28(27)39-6)40(36,37)26-15-12-22(3)13-16-26/h7-18,21,23H,19-20H2,1-6H3,(H,31,35). The van der Waals surface area contributed by atoms with Crippen LogP contribution >= 0.6 is 0 Å². The van der Waals surface area contributed by atoms with Gasteiger partial charge in [0.25, 0.3) is 10.0 Å². The van der Waals surface area contributed by atoms with E-state index in [4.69, 9.17) is 9.47 Å². The third-order valence-corrected chi connectivity index (χ3v) is 8.11. The fourth-order valence-corrected chi connectivity index (χ4v) is 5.53. The summed E-state index contributed by atoms with van der Waals surface area (Å²) >= 11 is 0. The molecule has 214 valence electrons. The number of ether oxygens (including phenoxy) is 2. The number of anilines is 1. The Kier molecular flexibility index (Phi) is 10.2. The monoisotopic (exact) mass is 567 g/mol. The van der Waals surface area contributed by atoms with Crippen LogP contribution in [0.4, 0.5) is 5.69 Å². The van der Waals surface area contributed by atoms with Gasteiger partial charge in [0.15, 0.2) is 0 Å². The van der Waals surface area contributed by atoms with E-state index in [1.807, 2.05) is 51.1 Å². The number of hydrogen-bond acceptors (Lipinski definition) is 6. The third-order valence-electron chi connectivity index (χ3n) is 6.34. The molecule has 3 rings (SSSR count). The summed E-state index contributed by atoms with van der Waals surface area (Å²) in [5.41, 5.74) is 1.82. The highest BCUT2D eigenvalue weighted by atomic mass is 32.2. The highest BCUT2D eigenvalue weighted by molar-refractivity contribution is 7.92. The number of methoxy groups -OCH3 is 2. The molecule has 40 heavy (non-hydrogen) atoms. The van der Waals surface area contributed by atoms with Crippen molar-refractivity contribution in [1.82, 2.24) is 10.2 Å². The van der Waals surface area contributed by atoms with Crippen molar-refractivity contribution in [1.29, 1.82) is 0 Å². The van der Waals surface area contributed by atoms with E-state index in [2.05, 4.69) is 5.32 Å². The van der Waals surface area contributed by atoms with Crippen LogP contribution in [0.25, 0.3) is 0 Å². The quantitative estimate of drug-likeness (QED) is 0.353. The number of rotatable bonds is 12. The van der Waals surface area contributed by atoms with Gasteiger partial charge in [0, 0.05) is 18.7 Å². The summed E-state index contributed by atoms with van der Waals surface area (Å²) in [4.78, 5) is 28.4. The van der Waals surface area contributed by atoms with E-state index in [9.17, 15) is 18.0 Å². The Morgan fingerprint density at radius 3 is 2.12 bits per heavy atom. The Hall–Kier alpha value is -4.05. The maximum Gasteiger partial charge on any atom is 0.264 e. The predicted molar refractivity (Wildman–Crippen MR) is 155 cm³/mol. The molecule has 0 spiro atoms. The van der Waals surface area contributed by atoms with Gasteiger partial charge in [0.1, 0.15) is 24.1 Å². The van der Waals surface area contributed by atoms with E-state index in [0.29, 0.717) is 5.75 Å². The van der Waals surface area contributed by atoms with Gasteiger partial charge < -0.3 is 19.7 Å². The van der Waals surface area contributed by atoms with Crippen molar-refractivity contribution in [3.63, 3.8) is 0 Å². The first-order chi connectivity index (χ1) is 19.0. The van der Waals surface area contributed by atoms with E-state index < -0.39 is 28.5 Å². The zero-order valence-corrected chi connectivity index (χ0v) is 24.6. The first-order valence-electron chi connectivity index (χ1n) is 12.9. The van der Waals surface area contributed by atoms with Crippen molar-refractivity contribution < 1.29 is 27.5 Å². The minimum Gasteiger partial charge on any atom is -0.497 e. The van der Waals surface area contributed by atoms with Gasteiger partial charge in [0.05, 0.1) is 24.8 Å². The summed E-state index contributed by atoms with van der Waals surface area (Å²) in [7, 11) is -1.36. The van der Waals surface area contributed by atoms with Crippen LogP contribution in [0.1, 0.15) is 31.9 Å². The van der Waals surface area contributed by atoms with Gasteiger partial charge >= 0.3 is 0 Å². The van der Waals surface area contributed by atoms with Crippen LogP contribution in [0.5, 0.6) is 11.5 Å². The lowest BCUT2D eigenvalue weighted by Gasteiger charge is -2.32. The highest BCUT2D eigenvalue weighted by Crippen LogP contribution is 2.36. The first kappa shape index (κ1) is 30.5. The normalized spacial score (nSPS) is 12.0. The van der Waals surface area contributed by atoms with Gasteiger partial charge in [-0.3, -0.25) is 13.9 Å². The second-order valence-corrected chi connectivity index (χ2v) is 11.6. The molecule has 1 atom stereocenters. The zero-order valence-electron chi connectivity index (χ0n) is 23.7. The number of aryl methyl sites for hydroxylation is 1. The van der Waals surface area contributed by atoms with Crippen molar-refractivity contribution in [2.45, 2.75) is 51.2 Å². The Morgan fingerprint density at radius 1 is 0.900 bits per heavy atom. The van der Waals surface area contributed by atoms with E-state index >= 15 is 0 Å². The van der Waals surface area contributed by atoms with Gasteiger partial charge in [-0.05, 0) is 57.5 Å². The Bertz CT molecular complexity index is 1410. The molecule has 0 bridgehead atoms. The van der Waals surface area contributed by atoms with Gasteiger partial charge in [-0.1, -0.05) is 48.0 Å². The van der Waals surface area contributed by atoms with Crippen molar-refractivity contribution in [2.75, 3.05) is 25.1 Å². The van der Waals surface area contributed by atoms with Crippen LogP contribution in [0.2, 0.25) is 0 Å². The van der Waals surface area contributed by atoms with Crippen LogP contribution in [0, 0.1) is 6.92 Å². The second kappa shape index (κ2) is 13.3. The van der Waals surface area contributed by atoms with Gasteiger partial charge in [-0.2, -0.15) is 0 Å². The van der Waals surface area contributed by atoms with E-state index in [1.165, 1.54) is 37.3 Å². The minimum atomic E-state index is -4.25. The van der Waals surface area contributed by atoms with Crippen molar-refractivity contribution in [2.24, 2.45) is 0 Å². The largest absolute Gasteiger partial charge is 0.497 e. The molecule has 0 aliphatic rings. The predicted octanol–water partition coefficient (Wildman–Crippen LogP) is 4.15. The molecule has 0 fully saturated rings. The first-order valence-corrected chi connectivity index (χ1v) is 14.4. The van der Waals surface area contributed by atoms with Crippen LogP contribution in [0.15, 0.2) is 77.7 Å². The SMILES string of the molecule is COc1ccc(OC)c(N(CC(=O)N(Cc2ccccc2)C(C)C(=O)NC(C)C)S(=O)(=O)c2ccc(C)cc2)c1.